The number of hydrogen-bond donors (Lipinski definition) is 0. The van der Waals surface area contributed by atoms with Crippen molar-refractivity contribution in [2.75, 3.05) is 0 Å². The van der Waals surface area contributed by atoms with Gasteiger partial charge < -0.3 is 14.5 Å². The summed E-state index contributed by atoms with van der Waals surface area (Å²) in [5, 5.41) is 10.3. The minimum atomic E-state index is -4.81. The maximum atomic E-state index is 10.5. The lowest BCUT2D eigenvalue weighted by Crippen LogP contribution is -2.26. The van der Waals surface area contributed by atoms with Gasteiger partial charge in [0.15, 0.2) is 0 Å². The van der Waals surface area contributed by atoms with E-state index in [1.165, 1.54) is 0 Å². The lowest BCUT2D eigenvalue weighted by Gasteiger charge is -2.11. The molecule has 0 N–H and O–H groups in total. The number of pyridine rings is 1. The quantitative estimate of drug-likeness (QED) is 0.530. The minimum absolute atomic E-state index is 0.862. The SMILES string of the molecule is O=C([O-])c1ncccc1S(=O)(=O)[O-]. The third-order valence-electron chi connectivity index (χ3n) is 1.23. The summed E-state index contributed by atoms with van der Waals surface area (Å²) in [5.74, 6) is -1.80. The molecule has 7 heteroatoms. The van der Waals surface area contributed by atoms with Crippen molar-refractivity contribution in [2.45, 2.75) is 4.90 Å². The summed E-state index contributed by atoms with van der Waals surface area (Å²) in [7, 11) is -4.81. The summed E-state index contributed by atoms with van der Waals surface area (Å²) in [5.41, 5.74) is -0.863. The van der Waals surface area contributed by atoms with Crippen LogP contribution in [0.25, 0.3) is 0 Å². The molecule has 6 nitrogen and oxygen atoms in total. The number of carboxylic acid groups (broad SMARTS) is 1. The van der Waals surface area contributed by atoms with Gasteiger partial charge in [-0.3, -0.25) is 4.98 Å². The Morgan fingerprint density at radius 3 is 2.46 bits per heavy atom. The Balaban J connectivity index is 3.46. The average molecular weight is 201 g/mol. The summed E-state index contributed by atoms with van der Waals surface area (Å²) >= 11 is 0. The highest BCUT2D eigenvalue weighted by molar-refractivity contribution is 7.85. The molecule has 0 saturated carbocycles. The molecular weight excluding hydrogens is 198 g/mol. The van der Waals surface area contributed by atoms with Gasteiger partial charge >= 0.3 is 0 Å². The molecule has 0 amide bonds. The van der Waals surface area contributed by atoms with Crippen LogP contribution in [0.15, 0.2) is 23.2 Å². The van der Waals surface area contributed by atoms with Gasteiger partial charge in [-0.25, -0.2) is 8.42 Å². The number of nitrogens with zero attached hydrogens (tertiary/aromatic N) is 1. The third-order valence-corrected chi connectivity index (χ3v) is 2.10. The summed E-state index contributed by atoms with van der Waals surface area (Å²) in [4.78, 5) is 12.6. The Labute approximate surface area is 73.6 Å². The van der Waals surface area contributed by atoms with Gasteiger partial charge in [-0.05, 0) is 12.1 Å². The fourth-order valence-corrected chi connectivity index (χ4v) is 1.36. The first-order chi connectivity index (χ1) is 5.93. The number of carboxylic acids is 1. The smallest absolute Gasteiger partial charge is 0.126 e. The summed E-state index contributed by atoms with van der Waals surface area (Å²) in [6, 6.07) is 2.01. The highest BCUT2D eigenvalue weighted by Gasteiger charge is 2.09. The number of aromatic carboxylic acids is 1. The van der Waals surface area contributed by atoms with Crippen molar-refractivity contribution in [3.8, 4) is 0 Å². The van der Waals surface area contributed by atoms with E-state index in [4.69, 9.17) is 0 Å². The molecule has 0 aliphatic carbocycles. The van der Waals surface area contributed by atoms with Gasteiger partial charge in [-0.15, -0.1) is 0 Å². The molecule has 0 bridgehead atoms. The van der Waals surface area contributed by atoms with Crippen LogP contribution in [0.3, 0.4) is 0 Å². The molecule has 0 saturated heterocycles. The van der Waals surface area contributed by atoms with E-state index in [0.29, 0.717) is 0 Å². The summed E-state index contributed by atoms with van der Waals surface area (Å²) < 4.78 is 31.4. The molecule has 0 spiro atoms. The zero-order valence-electron chi connectivity index (χ0n) is 6.13. The first-order valence-corrected chi connectivity index (χ1v) is 4.46. The molecule has 1 rings (SSSR count). The molecule has 0 radical (unpaired) electrons. The van der Waals surface area contributed by atoms with Gasteiger partial charge in [0.2, 0.25) is 0 Å². The molecule has 13 heavy (non-hydrogen) atoms. The first kappa shape index (κ1) is 9.62. The van der Waals surface area contributed by atoms with Crippen molar-refractivity contribution in [1.29, 1.82) is 0 Å². The van der Waals surface area contributed by atoms with Crippen molar-refractivity contribution in [2.24, 2.45) is 0 Å². The van der Waals surface area contributed by atoms with E-state index in [2.05, 4.69) is 4.98 Å². The lowest BCUT2D eigenvalue weighted by atomic mass is 10.3. The predicted molar refractivity (Wildman–Crippen MR) is 36.5 cm³/mol. The molecule has 0 aliphatic rings. The van der Waals surface area contributed by atoms with Gasteiger partial charge in [0.25, 0.3) is 0 Å². The van der Waals surface area contributed by atoms with E-state index in [9.17, 15) is 22.9 Å². The van der Waals surface area contributed by atoms with Gasteiger partial charge in [0, 0.05) is 6.20 Å². The van der Waals surface area contributed by atoms with Crippen LogP contribution >= 0.6 is 0 Å². The second-order valence-electron chi connectivity index (χ2n) is 2.09. The molecule has 70 valence electrons. The Bertz CT molecular complexity index is 438. The zero-order chi connectivity index (χ0) is 10.1. The molecule has 0 aromatic carbocycles. The number of hydrogen-bond acceptors (Lipinski definition) is 6. The van der Waals surface area contributed by atoms with E-state index in [0.717, 1.165) is 18.3 Å². The van der Waals surface area contributed by atoms with Gasteiger partial charge in [-0.1, -0.05) is 0 Å². The van der Waals surface area contributed by atoms with Crippen LogP contribution in [-0.4, -0.2) is 23.9 Å². The minimum Gasteiger partial charge on any atom is -0.744 e. The van der Waals surface area contributed by atoms with Crippen molar-refractivity contribution in [3.63, 3.8) is 0 Å². The third kappa shape index (κ3) is 2.01. The largest absolute Gasteiger partial charge is 0.744 e. The maximum Gasteiger partial charge on any atom is 0.126 e. The fourth-order valence-electron chi connectivity index (χ4n) is 0.746. The van der Waals surface area contributed by atoms with Gasteiger partial charge in [0.05, 0.1) is 10.9 Å². The second kappa shape index (κ2) is 3.11. The zero-order valence-corrected chi connectivity index (χ0v) is 6.95. The molecule has 0 fully saturated rings. The van der Waals surface area contributed by atoms with Crippen LogP contribution in [0.4, 0.5) is 0 Å². The number of carbonyl (C=O) groups is 1. The number of aromatic nitrogens is 1. The Morgan fingerprint density at radius 2 is 2.08 bits per heavy atom. The lowest BCUT2D eigenvalue weighted by molar-refractivity contribution is -0.255. The van der Waals surface area contributed by atoms with E-state index in [1.54, 1.807) is 0 Å². The van der Waals surface area contributed by atoms with Crippen LogP contribution in [0.1, 0.15) is 10.5 Å². The molecule has 0 unspecified atom stereocenters. The highest BCUT2D eigenvalue weighted by Crippen LogP contribution is 2.10. The van der Waals surface area contributed by atoms with Crippen molar-refractivity contribution in [3.05, 3.63) is 24.0 Å². The van der Waals surface area contributed by atoms with Crippen LogP contribution < -0.4 is 5.11 Å². The molecule has 1 aromatic heterocycles. The van der Waals surface area contributed by atoms with E-state index >= 15 is 0 Å². The molecule has 1 heterocycles. The van der Waals surface area contributed by atoms with E-state index in [-0.39, 0.29) is 0 Å². The summed E-state index contributed by atoms with van der Waals surface area (Å²) in [6.07, 6.45) is 1.06. The molecular formula is C6H3NO5S-2. The molecule has 0 atom stereocenters. The van der Waals surface area contributed by atoms with Crippen LogP contribution in [0.2, 0.25) is 0 Å². The standard InChI is InChI=1S/C6H5NO5S/c8-6(9)5-4(13(10,11)12)2-1-3-7-5/h1-3H,(H,8,9)(H,10,11,12)/p-2. The average Bonchev–Trinajstić information content (AvgIpc) is 2.03. The number of carbonyl (C=O) groups excluding carboxylic acids is 1. The molecule has 0 aliphatic heterocycles. The molecule has 1 aromatic rings. The highest BCUT2D eigenvalue weighted by atomic mass is 32.2. The van der Waals surface area contributed by atoms with Crippen molar-refractivity contribution >= 4 is 16.1 Å². The van der Waals surface area contributed by atoms with E-state index < -0.39 is 26.7 Å². The van der Waals surface area contributed by atoms with Crippen molar-refractivity contribution < 1.29 is 22.9 Å². The predicted octanol–water partition coefficient (Wildman–Crippen LogP) is -1.65. The van der Waals surface area contributed by atoms with Crippen LogP contribution in [-0.2, 0) is 10.1 Å². The number of rotatable bonds is 2. The Morgan fingerprint density at radius 1 is 1.46 bits per heavy atom. The van der Waals surface area contributed by atoms with Crippen LogP contribution in [0.5, 0.6) is 0 Å². The topological polar surface area (TPSA) is 110 Å². The monoisotopic (exact) mass is 201 g/mol. The van der Waals surface area contributed by atoms with Crippen LogP contribution in [0, 0.1) is 0 Å². The van der Waals surface area contributed by atoms with Crippen molar-refractivity contribution in [1.82, 2.24) is 4.98 Å². The van der Waals surface area contributed by atoms with Gasteiger partial charge in [-0.2, -0.15) is 0 Å². The first-order valence-electron chi connectivity index (χ1n) is 3.05. The fraction of sp³-hybridized carbons (Fsp3) is 0. The normalized spacial score (nSPS) is 11.2. The summed E-state index contributed by atoms with van der Waals surface area (Å²) in [6.45, 7) is 0. The van der Waals surface area contributed by atoms with Gasteiger partial charge in [0.1, 0.15) is 15.8 Å². The van der Waals surface area contributed by atoms with E-state index in [1.807, 2.05) is 0 Å². The second-order valence-corrected chi connectivity index (χ2v) is 3.44. The Hall–Kier alpha value is -1.47. The maximum absolute atomic E-state index is 10.5. The Kier molecular flexibility index (Phi) is 2.30.